The van der Waals surface area contributed by atoms with Gasteiger partial charge in [0.05, 0.1) is 6.20 Å². The van der Waals surface area contributed by atoms with E-state index in [1.165, 1.54) is 35.2 Å². The second kappa shape index (κ2) is 5.41. The normalized spacial score (nSPS) is 21.8. The summed E-state index contributed by atoms with van der Waals surface area (Å²) in [6.45, 7) is 5.28. The zero-order valence-corrected chi connectivity index (χ0v) is 12.6. The van der Waals surface area contributed by atoms with Crippen molar-refractivity contribution in [1.29, 1.82) is 0 Å². The highest BCUT2D eigenvalue weighted by Gasteiger charge is 2.30. The number of hydrogen-bond acceptors (Lipinski definition) is 2. The van der Waals surface area contributed by atoms with Crippen molar-refractivity contribution >= 4 is 0 Å². The van der Waals surface area contributed by atoms with Crippen LogP contribution >= 0.6 is 0 Å². The first-order chi connectivity index (χ1) is 9.65. The topological polar surface area (TPSA) is 29.9 Å². The predicted octanol–water partition coefficient (Wildman–Crippen LogP) is 3.07. The minimum Gasteiger partial charge on any atom is -0.310 e. The van der Waals surface area contributed by atoms with Crippen LogP contribution in [0.15, 0.2) is 30.5 Å². The van der Waals surface area contributed by atoms with Gasteiger partial charge in [-0.15, -0.1) is 0 Å². The van der Waals surface area contributed by atoms with E-state index in [0.717, 1.165) is 12.5 Å². The highest BCUT2D eigenvalue weighted by atomic mass is 15.3. The van der Waals surface area contributed by atoms with Crippen molar-refractivity contribution in [3.8, 4) is 0 Å². The van der Waals surface area contributed by atoms with Gasteiger partial charge in [-0.3, -0.25) is 4.68 Å². The molecular formula is C17H23N3. The molecule has 1 fully saturated rings. The van der Waals surface area contributed by atoms with Gasteiger partial charge < -0.3 is 5.32 Å². The molecule has 0 saturated heterocycles. The van der Waals surface area contributed by atoms with Crippen LogP contribution < -0.4 is 5.32 Å². The fourth-order valence-corrected chi connectivity index (χ4v) is 3.06. The first-order valence-electron chi connectivity index (χ1n) is 7.41. The van der Waals surface area contributed by atoms with Crippen LogP contribution in [-0.4, -0.2) is 15.8 Å². The molecule has 1 aromatic carbocycles. The molecule has 0 radical (unpaired) electrons. The Morgan fingerprint density at radius 3 is 2.65 bits per heavy atom. The summed E-state index contributed by atoms with van der Waals surface area (Å²) in [6, 6.07) is 9.43. The molecule has 3 rings (SSSR count). The Morgan fingerprint density at radius 2 is 2.00 bits per heavy atom. The molecule has 0 spiro atoms. The van der Waals surface area contributed by atoms with Crippen molar-refractivity contribution in [2.24, 2.45) is 7.05 Å². The highest BCUT2D eigenvalue weighted by Crippen LogP contribution is 2.38. The SMILES string of the molecule is Cc1ccccc1C1CC(NCc2cnn(C)c2C)C1. The van der Waals surface area contributed by atoms with Gasteiger partial charge in [-0.1, -0.05) is 24.3 Å². The van der Waals surface area contributed by atoms with Crippen LogP contribution in [0.25, 0.3) is 0 Å². The summed E-state index contributed by atoms with van der Waals surface area (Å²) in [6.07, 6.45) is 4.48. The maximum atomic E-state index is 4.29. The van der Waals surface area contributed by atoms with Crippen LogP contribution in [0.4, 0.5) is 0 Å². The lowest BCUT2D eigenvalue weighted by Crippen LogP contribution is -2.39. The Labute approximate surface area is 121 Å². The van der Waals surface area contributed by atoms with Crippen LogP contribution in [0.3, 0.4) is 0 Å². The molecule has 0 unspecified atom stereocenters. The number of aryl methyl sites for hydroxylation is 2. The summed E-state index contributed by atoms with van der Waals surface area (Å²) in [4.78, 5) is 0. The third-order valence-electron chi connectivity index (χ3n) is 4.68. The maximum Gasteiger partial charge on any atom is 0.0537 e. The van der Waals surface area contributed by atoms with Crippen molar-refractivity contribution in [3.63, 3.8) is 0 Å². The van der Waals surface area contributed by atoms with Crippen LogP contribution in [0.2, 0.25) is 0 Å². The molecule has 1 saturated carbocycles. The zero-order chi connectivity index (χ0) is 14.1. The lowest BCUT2D eigenvalue weighted by Gasteiger charge is -2.37. The molecule has 0 atom stereocenters. The molecule has 0 aliphatic heterocycles. The summed E-state index contributed by atoms with van der Waals surface area (Å²) in [5.41, 5.74) is 5.53. The van der Waals surface area contributed by atoms with Gasteiger partial charge in [0, 0.05) is 30.9 Å². The molecular weight excluding hydrogens is 246 g/mol. The second-order valence-electron chi connectivity index (χ2n) is 5.98. The van der Waals surface area contributed by atoms with E-state index in [4.69, 9.17) is 0 Å². The Bertz CT molecular complexity index is 594. The fourth-order valence-electron chi connectivity index (χ4n) is 3.06. The average Bonchev–Trinajstić information content (AvgIpc) is 2.70. The summed E-state index contributed by atoms with van der Waals surface area (Å²) < 4.78 is 1.94. The quantitative estimate of drug-likeness (QED) is 0.924. The van der Waals surface area contributed by atoms with Gasteiger partial charge in [-0.2, -0.15) is 5.10 Å². The van der Waals surface area contributed by atoms with Gasteiger partial charge >= 0.3 is 0 Å². The smallest absolute Gasteiger partial charge is 0.0537 e. The fraction of sp³-hybridized carbons (Fsp3) is 0.471. The second-order valence-corrected chi connectivity index (χ2v) is 5.98. The van der Waals surface area contributed by atoms with Crippen molar-refractivity contribution in [1.82, 2.24) is 15.1 Å². The summed E-state index contributed by atoms with van der Waals surface area (Å²) >= 11 is 0. The monoisotopic (exact) mass is 269 g/mol. The molecule has 2 aromatic rings. The van der Waals surface area contributed by atoms with E-state index in [-0.39, 0.29) is 0 Å². The molecule has 0 amide bonds. The van der Waals surface area contributed by atoms with Crippen LogP contribution in [0.5, 0.6) is 0 Å². The van der Waals surface area contributed by atoms with Crippen molar-refractivity contribution in [2.75, 3.05) is 0 Å². The van der Waals surface area contributed by atoms with Gasteiger partial charge in [0.25, 0.3) is 0 Å². The number of hydrogen-bond donors (Lipinski definition) is 1. The predicted molar refractivity (Wildman–Crippen MR) is 81.7 cm³/mol. The number of nitrogens with one attached hydrogen (secondary N) is 1. The summed E-state index contributed by atoms with van der Waals surface area (Å²) in [7, 11) is 2.00. The van der Waals surface area contributed by atoms with Gasteiger partial charge in [0.1, 0.15) is 0 Å². The molecule has 3 heteroatoms. The van der Waals surface area contributed by atoms with Crippen molar-refractivity contribution in [3.05, 3.63) is 52.8 Å². The molecule has 1 heterocycles. The van der Waals surface area contributed by atoms with Gasteiger partial charge in [0.15, 0.2) is 0 Å². The number of nitrogens with zero attached hydrogens (tertiary/aromatic N) is 2. The Kier molecular flexibility index (Phi) is 3.62. The van der Waals surface area contributed by atoms with Crippen LogP contribution in [-0.2, 0) is 13.6 Å². The Hall–Kier alpha value is -1.61. The van der Waals surface area contributed by atoms with Crippen molar-refractivity contribution < 1.29 is 0 Å². The number of benzene rings is 1. The minimum absolute atomic E-state index is 0.652. The summed E-state index contributed by atoms with van der Waals surface area (Å²) in [5.74, 6) is 0.740. The minimum atomic E-state index is 0.652. The third-order valence-corrected chi connectivity index (χ3v) is 4.68. The third kappa shape index (κ3) is 2.50. The van der Waals surface area contributed by atoms with Gasteiger partial charge in [-0.25, -0.2) is 0 Å². The van der Waals surface area contributed by atoms with E-state index in [0.29, 0.717) is 6.04 Å². The molecule has 20 heavy (non-hydrogen) atoms. The molecule has 3 nitrogen and oxygen atoms in total. The first kappa shape index (κ1) is 13.4. The Balaban J connectivity index is 1.52. The van der Waals surface area contributed by atoms with Crippen molar-refractivity contribution in [2.45, 2.75) is 45.2 Å². The number of aromatic nitrogens is 2. The lowest BCUT2D eigenvalue weighted by molar-refractivity contribution is 0.288. The highest BCUT2D eigenvalue weighted by molar-refractivity contribution is 5.31. The molecule has 1 aliphatic carbocycles. The molecule has 106 valence electrons. The first-order valence-corrected chi connectivity index (χ1v) is 7.41. The molecule has 1 aromatic heterocycles. The lowest BCUT2D eigenvalue weighted by atomic mass is 9.74. The van der Waals surface area contributed by atoms with E-state index < -0.39 is 0 Å². The van der Waals surface area contributed by atoms with Gasteiger partial charge in [0.2, 0.25) is 0 Å². The van der Waals surface area contributed by atoms with E-state index in [2.05, 4.69) is 48.5 Å². The Morgan fingerprint density at radius 1 is 1.25 bits per heavy atom. The maximum absolute atomic E-state index is 4.29. The summed E-state index contributed by atoms with van der Waals surface area (Å²) in [5, 5.41) is 7.94. The van der Waals surface area contributed by atoms with Crippen LogP contribution in [0.1, 0.15) is 41.1 Å². The molecule has 0 bridgehead atoms. The van der Waals surface area contributed by atoms with E-state index in [1.54, 1.807) is 0 Å². The van der Waals surface area contributed by atoms with E-state index >= 15 is 0 Å². The standard InChI is InChI=1S/C17H23N3/c1-12-6-4-5-7-17(12)14-8-16(9-14)18-10-15-11-19-20(3)13(15)2/h4-7,11,14,16,18H,8-10H2,1-3H3. The average molecular weight is 269 g/mol. The van der Waals surface area contributed by atoms with Gasteiger partial charge in [-0.05, 0) is 43.7 Å². The zero-order valence-electron chi connectivity index (χ0n) is 12.6. The molecule has 1 aliphatic rings. The van der Waals surface area contributed by atoms with E-state index in [9.17, 15) is 0 Å². The van der Waals surface area contributed by atoms with Crippen LogP contribution in [0, 0.1) is 13.8 Å². The van der Waals surface area contributed by atoms with E-state index in [1.807, 2.05) is 17.9 Å². The number of rotatable bonds is 4. The molecule has 1 N–H and O–H groups in total. The largest absolute Gasteiger partial charge is 0.310 e.